The van der Waals surface area contributed by atoms with E-state index in [9.17, 15) is 0 Å². The number of nitrogens with one attached hydrogen (secondary N) is 1. The number of rotatable bonds is 16. The van der Waals surface area contributed by atoms with Gasteiger partial charge in [0.2, 0.25) is 0 Å². The molecule has 0 saturated heterocycles. The van der Waals surface area contributed by atoms with E-state index >= 15 is 0 Å². The van der Waals surface area contributed by atoms with Crippen molar-refractivity contribution >= 4 is 0 Å². The Morgan fingerprint density at radius 1 is 0.909 bits per heavy atom. The highest BCUT2D eigenvalue weighted by molar-refractivity contribution is 5.12. The third kappa shape index (κ3) is 17.1. The van der Waals surface area contributed by atoms with Crippen LogP contribution in [0.4, 0.5) is 0 Å². The van der Waals surface area contributed by atoms with E-state index in [4.69, 9.17) is 10.5 Å². The highest BCUT2D eigenvalue weighted by Gasteiger charge is 1.93. The molecule has 3 N–H and O–H groups in total. The monoisotopic (exact) mass is 310 g/mol. The van der Waals surface area contributed by atoms with Crippen LogP contribution in [-0.2, 0) is 4.74 Å². The van der Waals surface area contributed by atoms with Crippen LogP contribution in [0.15, 0.2) is 24.0 Å². The summed E-state index contributed by atoms with van der Waals surface area (Å²) in [5, 5.41) is 3.27. The van der Waals surface area contributed by atoms with E-state index < -0.39 is 0 Å². The molecule has 0 fully saturated rings. The minimum absolute atomic E-state index is 0.806. The lowest BCUT2D eigenvalue weighted by atomic mass is 10.1. The number of nitrogens with two attached hydrogens (primary N) is 1. The third-order valence-corrected chi connectivity index (χ3v) is 3.73. The molecule has 0 aliphatic carbocycles. The maximum Gasteiger partial charge on any atom is 0.0466 e. The largest absolute Gasteiger partial charge is 0.399 e. The fraction of sp³-hybridized carbons (Fsp3) is 0.789. The standard InChI is InChI=1S/C19H38N2O/c1-3-5-6-12-17-22-18-13-10-8-7-9-11-15-21-16-14-19(20)4-2/h4,14,16,21H,3,5-13,15,17-18,20H2,1-2H3/b16-14-,19-4+. The Labute approximate surface area is 138 Å². The van der Waals surface area contributed by atoms with Gasteiger partial charge < -0.3 is 15.8 Å². The second-order valence-corrected chi connectivity index (χ2v) is 5.87. The number of unbranched alkanes of at least 4 members (excludes halogenated alkanes) is 8. The van der Waals surface area contributed by atoms with Crippen molar-refractivity contribution in [3.63, 3.8) is 0 Å². The van der Waals surface area contributed by atoms with E-state index in [-0.39, 0.29) is 0 Å². The normalized spacial score (nSPS) is 12.2. The predicted molar refractivity (Wildman–Crippen MR) is 97.8 cm³/mol. The van der Waals surface area contributed by atoms with Gasteiger partial charge in [0.1, 0.15) is 0 Å². The van der Waals surface area contributed by atoms with Gasteiger partial charge in [-0.2, -0.15) is 0 Å². The van der Waals surface area contributed by atoms with Gasteiger partial charge in [-0.15, -0.1) is 0 Å². The molecular weight excluding hydrogens is 272 g/mol. The average molecular weight is 311 g/mol. The molecule has 0 spiro atoms. The van der Waals surface area contributed by atoms with E-state index in [0.29, 0.717) is 0 Å². The SMILES string of the molecule is C/C=C(N)\C=C/NCCCCCCCCOCCCCCC. The molecule has 0 amide bonds. The fourth-order valence-electron chi connectivity index (χ4n) is 2.21. The summed E-state index contributed by atoms with van der Waals surface area (Å²) >= 11 is 0. The molecule has 130 valence electrons. The lowest BCUT2D eigenvalue weighted by Crippen LogP contribution is -2.07. The van der Waals surface area contributed by atoms with Crippen LogP contribution in [0.5, 0.6) is 0 Å². The number of allylic oxidation sites excluding steroid dienone is 2. The first kappa shape index (κ1) is 21.0. The molecule has 0 unspecified atom stereocenters. The fourth-order valence-corrected chi connectivity index (χ4v) is 2.21. The van der Waals surface area contributed by atoms with Crippen molar-refractivity contribution in [1.82, 2.24) is 5.32 Å². The van der Waals surface area contributed by atoms with Crippen LogP contribution in [0.25, 0.3) is 0 Å². The Morgan fingerprint density at radius 2 is 1.50 bits per heavy atom. The first-order valence-electron chi connectivity index (χ1n) is 9.20. The van der Waals surface area contributed by atoms with Gasteiger partial charge in [0.25, 0.3) is 0 Å². The molecule has 0 aromatic heterocycles. The Balaban J connectivity index is 3.07. The summed E-state index contributed by atoms with van der Waals surface area (Å²) in [5.41, 5.74) is 6.46. The number of hydrogen-bond acceptors (Lipinski definition) is 3. The Morgan fingerprint density at radius 3 is 2.14 bits per heavy atom. The van der Waals surface area contributed by atoms with Gasteiger partial charge in [-0.25, -0.2) is 0 Å². The van der Waals surface area contributed by atoms with E-state index in [2.05, 4.69) is 12.2 Å². The molecule has 0 rings (SSSR count). The van der Waals surface area contributed by atoms with Crippen molar-refractivity contribution in [3.8, 4) is 0 Å². The maximum absolute atomic E-state index is 5.66. The van der Waals surface area contributed by atoms with Gasteiger partial charge in [0, 0.05) is 25.5 Å². The topological polar surface area (TPSA) is 47.3 Å². The molecule has 22 heavy (non-hydrogen) atoms. The summed E-state index contributed by atoms with van der Waals surface area (Å²) in [6.45, 7) is 7.13. The number of hydrogen-bond donors (Lipinski definition) is 2. The van der Waals surface area contributed by atoms with Crippen molar-refractivity contribution in [2.45, 2.75) is 78.1 Å². The average Bonchev–Trinajstić information content (AvgIpc) is 2.54. The summed E-state index contributed by atoms with van der Waals surface area (Å²) in [4.78, 5) is 0. The predicted octanol–water partition coefficient (Wildman–Crippen LogP) is 4.89. The number of ether oxygens (including phenoxy) is 1. The Bertz CT molecular complexity index is 275. The van der Waals surface area contributed by atoms with Gasteiger partial charge in [-0.05, 0) is 38.5 Å². The van der Waals surface area contributed by atoms with Crippen LogP contribution < -0.4 is 11.1 Å². The van der Waals surface area contributed by atoms with Crippen LogP contribution in [0, 0.1) is 0 Å². The van der Waals surface area contributed by atoms with Gasteiger partial charge in [-0.3, -0.25) is 0 Å². The molecule has 3 heteroatoms. The van der Waals surface area contributed by atoms with Crippen molar-refractivity contribution in [3.05, 3.63) is 24.0 Å². The molecule has 0 bridgehead atoms. The Kier molecular flexibility index (Phi) is 17.3. The quantitative estimate of drug-likeness (QED) is 0.315. The summed E-state index contributed by atoms with van der Waals surface area (Å²) in [6, 6.07) is 0. The summed E-state index contributed by atoms with van der Waals surface area (Å²) < 4.78 is 5.65. The van der Waals surface area contributed by atoms with Crippen molar-refractivity contribution < 1.29 is 4.74 Å². The highest BCUT2D eigenvalue weighted by atomic mass is 16.5. The molecule has 0 radical (unpaired) electrons. The van der Waals surface area contributed by atoms with Crippen molar-refractivity contribution in [2.24, 2.45) is 5.73 Å². The summed E-state index contributed by atoms with van der Waals surface area (Å²) in [5.74, 6) is 0. The highest BCUT2D eigenvalue weighted by Crippen LogP contribution is 2.05. The van der Waals surface area contributed by atoms with E-state index in [1.807, 2.05) is 25.3 Å². The zero-order valence-electron chi connectivity index (χ0n) is 14.9. The van der Waals surface area contributed by atoms with E-state index in [0.717, 1.165) is 25.5 Å². The lowest BCUT2D eigenvalue weighted by Gasteiger charge is -2.04. The molecule has 0 aliphatic heterocycles. The van der Waals surface area contributed by atoms with E-state index in [1.54, 1.807) is 0 Å². The molecular formula is C19H38N2O. The molecule has 0 aromatic rings. The van der Waals surface area contributed by atoms with Crippen LogP contribution in [0.2, 0.25) is 0 Å². The molecule has 0 saturated carbocycles. The second-order valence-electron chi connectivity index (χ2n) is 5.87. The van der Waals surface area contributed by atoms with Crippen molar-refractivity contribution in [2.75, 3.05) is 19.8 Å². The summed E-state index contributed by atoms with van der Waals surface area (Å²) in [7, 11) is 0. The van der Waals surface area contributed by atoms with Gasteiger partial charge in [0.15, 0.2) is 0 Å². The zero-order valence-corrected chi connectivity index (χ0v) is 14.9. The minimum Gasteiger partial charge on any atom is -0.399 e. The second kappa shape index (κ2) is 18.1. The van der Waals surface area contributed by atoms with Gasteiger partial charge >= 0.3 is 0 Å². The van der Waals surface area contributed by atoms with Gasteiger partial charge in [-0.1, -0.05) is 57.9 Å². The summed E-state index contributed by atoms with van der Waals surface area (Å²) in [6.07, 6.45) is 18.7. The van der Waals surface area contributed by atoms with E-state index in [1.165, 1.54) is 64.2 Å². The lowest BCUT2D eigenvalue weighted by molar-refractivity contribution is 0.125. The van der Waals surface area contributed by atoms with Gasteiger partial charge in [0.05, 0.1) is 0 Å². The Hall–Kier alpha value is -0.960. The van der Waals surface area contributed by atoms with Crippen LogP contribution >= 0.6 is 0 Å². The van der Waals surface area contributed by atoms with Crippen LogP contribution in [-0.4, -0.2) is 19.8 Å². The first-order valence-corrected chi connectivity index (χ1v) is 9.20. The third-order valence-electron chi connectivity index (χ3n) is 3.73. The van der Waals surface area contributed by atoms with Crippen LogP contribution in [0.1, 0.15) is 78.1 Å². The maximum atomic E-state index is 5.66. The molecule has 3 nitrogen and oxygen atoms in total. The zero-order chi connectivity index (χ0) is 16.3. The van der Waals surface area contributed by atoms with Crippen LogP contribution in [0.3, 0.4) is 0 Å². The molecule has 0 heterocycles. The minimum atomic E-state index is 0.806. The molecule has 0 atom stereocenters. The first-order chi connectivity index (χ1) is 10.8. The molecule has 0 aromatic carbocycles. The molecule has 0 aliphatic rings. The smallest absolute Gasteiger partial charge is 0.0466 e. The van der Waals surface area contributed by atoms with Crippen molar-refractivity contribution in [1.29, 1.82) is 0 Å².